The van der Waals surface area contributed by atoms with E-state index in [0.29, 0.717) is 25.2 Å². The number of benzene rings is 1. The zero-order valence-electron chi connectivity index (χ0n) is 11.8. The van der Waals surface area contributed by atoms with Crippen LogP contribution in [-0.2, 0) is 11.3 Å². The molecule has 0 spiro atoms. The summed E-state index contributed by atoms with van der Waals surface area (Å²) in [6.45, 7) is 6.48. The Morgan fingerprint density at radius 2 is 1.95 bits per heavy atom. The predicted octanol–water partition coefficient (Wildman–Crippen LogP) is 1.49. The average molecular weight is 264 g/mol. The van der Waals surface area contributed by atoms with Crippen molar-refractivity contribution in [3.63, 3.8) is 0 Å². The summed E-state index contributed by atoms with van der Waals surface area (Å²) in [5.74, 6) is 1.49. The molecule has 1 heterocycles. The molecule has 1 aliphatic heterocycles. The van der Waals surface area contributed by atoms with E-state index in [1.54, 1.807) is 7.11 Å². The molecule has 0 radical (unpaired) electrons. The molecule has 2 N–H and O–H groups in total. The summed E-state index contributed by atoms with van der Waals surface area (Å²) in [5, 5.41) is 0. The van der Waals surface area contributed by atoms with E-state index >= 15 is 0 Å². The maximum atomic E-state index is 6.04. The third-order valence-corrected chi connectivity index (χ3v) is 3.63. The van der Waals surface area contributed by atoms with Gasteiger partial charge in [0.25, 0.3) is 0 Å². The third-order valence-electron chi connectivity index (χ3n) is 3.63. The third kappa shape index (κ3) is 4.20. The first kappa shape index (κ1) is 14.3. The number of methoxy groups -OCH3 is 1. The molecular formula is C15H24N2O2. The first-order valence-corrected chi connectivity index (χ1v) is 6.87. The van der Waals surface area contributed by atoms with Gasteiger partial charge in [-0.2, -0.15) is 0 Å². The fourth-order valence-electron chi connectivity index (χ4n) is 2.42. The monoisotopic (exact) mass is 264 g/mol. The van der Waals surface area contributed by atoms with Gasteiger partial charge in [-0.1, -0.05) is 19.1 Å². The summed E-state index contributed by atoms with van der Waals surface area (Å²) in [4.78, 5) is 2.41. The summed E-state index contributed by atoms with van der Waals surface area (Å²) >= 11 is 0. The van der Waals surface area contributed by atoms with Crippen LogP contribution in [0.15, 0.2) is 24.3 Å². The van der Waals surface area contributed by atoms with Crippen LogP contribution in [0, 0.1) is 5.92 Å². The zero-order chi connectivity index (χ0) is 13.7. The molecule has 1 saturated heterocycles. The number of nitrogens with zero attached hydrogens (tertiary/aromatic N) is 1. The highest BCUT2D eigenvalue weighted by Crippen LogP contribution is 2.19. The maximum absolute atomic E-state index is 6.04. The summed E-state index contributed by atoms with van der Waals surface area (Å²) in [7, 11) is 1.67. The van der Waals surface area contributed by atoms with Gasteiger partial charge in [0.1, 0.15) is 12.4 Å². The smallest absolute Gasteiger partial charge is 0.119 e. The van der Waals surface area contributed by atoms with Gasteiger partial charge in [0.15, 0.2) is 0 Å². The lowest BCUT2D eigenvalue weighted by molar-refractivity contribution is 0.146. The highest BCUT2D eigenvalue weighted by Gasteiger charge is 2.26. The van der Waals surface area contributed by atoms with Gasteiger partial charge in [0.05, 0.1) is 6.61 Å². The largest absolute Gasteiger partial charge is 0.491 e. The van der Waals surface area contributed by atoms with E-state index < -0.39 is 0 Å². The van der Waals surface area contributed by atoms with Crippen molar-refractivity contribution in [3.8, 4) is 5.75 Å². The molecule has 0 aliphatic carbocycles. The second kappa shape index (κ2) is 6.89. The van der Waals surface area contributed by atoms with Crippen molar-refractivity contribution in [2.24, 2.45) is 11.7 Å². The van der Waals surface area contributed by atoms with E-state index in [-0.39, 0.29) is 0 Å². The van der Waals surface area contributed by atoms with E-state index in [0.717, 1.165) is 25.4 Å². The van der Waals surface area contributed by atoms with Crippen LogP contribution in [0.5, 0.6) is 5.75 Å². The molecule has 1 aromatic rings. The van der Waals surface area contributed by atoms with Crippen LogP contribution in [-0.4, -0.2) is 44.4 Å². The van der Waals surface area contributed by atoms with Gasteiger partial charge in [-0.05, 0) is 23.6 Å². The van der Waals surface area contributed by atoms with Crippen molar-refractivity contribution in [1.29, 1.82) is 0 Å². The molecule has 1 aliphatic rings. The van der Waals surface area contributed by atoms with Gasteiger partial charge in [-0.3, -0.25) is 4.90 Å². The Balaban J connectivity index is 1.82. The number of rotatable bonds is 6. The summed E-state index contributed by atoms with van der Waals surface area (Å²) in [6, 6.07) is 8.60. The lowest BCUT2D eigenvalue weighted by Gasteiger charge is -2.15. The Kier molecular flexibility index (Phi) is 5.19. The Morgan fingerprint density at radius 3 is 2.53 bits per heavy atom. The van der Waals surface area contributed by atoms with Crippen molar-refractivity contribution < 1.29 is 9.47 Å². The van der Waals surface area contributed by atoms with Gasteiger partial charge in [0, 0.05) is 32.8 Å². The van der Waals surface area contributed by atoms with E-state index in [4.69, 9.17) is 15.2 Å². The van der Waals surface area contributed by atoms with E-state index in [1.165, 1.54) is 5.56 Å². The Labute approximate surface area is 115 Å². The molecule has 0 saturated carbocycles. The van der Waals surface area contributed by atoms with Crippen molar-refractivity contribution in [1.82, 2.24) is 4.90 Å². The molecule has 1 aromatic carbocycles. The molecule has 0 amide bonds. The number of nitrogens with two attached hydrogens (primary N) is 1. The quantitative estimate of drug-likeness (QED) is 0.791. The minimum absolute atomic E-state index is 0.316. The molecule has 2 atom stereocenters. The first-order valence-electron chi connectivity index (χ1n) is 6.87. The van der Waals surface area contributed by atoms with Crippen LogP contribution >= 0.6 is 0 Å². The number of hydrogen-bond donors (Lipinski definition) is 1. The van der Waals surface area contributed by atoms with Crippen LogP contribution in [0.25, 0.3) is 0 Å². The summed E-state index contributed by atoms with van der Waals surface area (Å²) in [5.41, 5.74) is 7.35. The van der Waals surface area contributed by atoms with Gasteiger partial charge in [0.2, 0.25) is 0 Å². The number of hydrogen-bond acceptors (Lipinski definition) is 4. The van der Waals surface area contributed by atoms with E-state index in [1.807, 2.05) is 12.1 Å². The Hall–Kier alpha value is -1.10. The molecule has 4 nitrogen and oxygen atoms in total. The van der Waals surface area contributed by atoms with Crippen LogP contribution in [0.2, 0.25) is 0 Å². The minimum atomic E-state index is 0.316. The summed E-state index contributed by atoms with van der Waals surface area (Å²) < 4.78 is 10.5. The fraction of sp³-hybridized carbons (Fsp3) is 0.600. The second-order valence-electron chi connectivity index (χ2n) is 5.32. The van der Waals surface area contributed by atoms with Crippen LogP contribution in [0.3, 0.4) is 0 Å². The zero-order valence-corrected chi connectivity index (χ0v) is 11.8. The van der Waals surface area contributed by atoms with Crippen LogP contribution in [0.1, 0.15) is 12.5 Å². The van der Waals surface area contributed by atoms with Crippen LogP contribution < -0.4 is 10.5 Å². The van der Waals surface area contributed by atoms with Crippen molar-refractivity contribution in [2.75, 3.05) is 33.4 Å². The molecule has 1 fully saturated rings. The minimum Gasteiger partial charge on any atom is -0.491 e. The molecule has 2 rings (SSSR count). The molecule has 0 aromatic heterocycles. The summed E-state index contributed by atoms with van der Waals surface area (Å²) in [6.07, 6.45) is 0. The highest BCUT2D eigenvalue weighted by molar-refractivity contribution is 5.27. The first-order chi connectivity index (χ1) is 9.19. The van der Waals surface area contributed by atoms with Gasteiger partial charge in [-0.25, -0.2) is 0 Å². The van der Waals surface area contributed by atoms with Crippen LogP contribution in [0.4, 0.5) is 0 Å². The highest BCUT2D eigenvalue weighted by atomic mass is 16.5. The van der Waals surface area contributed by atoms with Gasteiger partial charge < -0.3 is 15.2 Å². The van der Waals surface area contributed by atoms with E-state index in [2.05, 4.69) is 24.0 Å². The molecular weight excluding hydrogens is 240 g/mol. The number of likely N-dealkylation sites (tertiary alicyclic amines) is 1. The normalized spacial score (nSPS) is 23.7. The molecule has 0 bridgehead atoms. The fourth-order valence-corrected chi connectivity index (χ4v) is 2.42. The average Bonchev–Trinajstić information content (AvgIpc) is 2.71. The van der Waals surface area contributed by atoms with Crippen molar-refractivity contribution in [3.05, 3.63) is 29.8 Å². The lowest BCUT2D eigenvalue weighted by atomic mass is 10.1. The van der Waals surface area contributed by atoms with Crippen molar-refractivity contribution >= 4 is 0 Å². The standard InChI is InChI=1S/C15H24N2O2/c1-12-9-17(11-15(12)16)10-13-3-5-14(6-4-13)19-8-7-18-2/h3-6,12,15H,7-11,16H2,1-2H3. The molecule has 19 heavy (non-hydrogen) atoms. The van der Waals surface area contributed by atoms with Crippen molar-refractivity contribution in [2.45, 2.75) is 19.5 Å². The molecule has 2 unspecified atom stereocenters. The van der Waals surface area contributed by atoms with E-state index in [9.17, 15) is 0 Å². The molecule has 4 heteroatoms. The Bertz CT molecular complexity index is 370. The van der Waals surface area contributed by atoms with Gasteiger partial charge in [-0.15, -0.1) is 0 Å². The SMILES string of the molecule is COCCOc1ccc(CN2CC(C)C(N)C2)cc1. The van der Waals surface area contributed by atoms with Gasteiger partial charge >= 0.3 is 0 Å². The predicted molar refractivity (Wildman–Crippen MR) is 76.2 cm³/mol. The molecule has 106 valence electrons. The second-order valence-corrected chi connectivity index (χ2v) is 5.32. The lowest BCUT2D eigenvalue weighted by Crippen LogP contribution is -2.28. The Morgan fingerprint density at radius 1 is 1.21 bits per heavy atom. The number of ether oxygens (including phenoxy) is 2. The maximum Gasteiger partial charge on any atom is 0.119 e. The topological polar surface area (TPSA) is 47.7 Å².